The standard InChI is InChI=1S/C19H37NO7/c1-5-17(4)6-8-23-10-11-24-12-13-25-14-18(21)20-15-26-9-7-19(22)27-16(2)3/h16-17H,5-15H2,1-4H3,(H,20,21). The first-order chi connectivity index (χ1) is 13.0. The Bertz CT molecular complexity index is 377. The minimum Gasteiger partial charge on any atom is -0.463 e. The first kappa shape index (κ1) is 25.8. The number of esters is 1. The summed E-state index contributed by atoms with van der Waals surface area (Å²) in [6, 6.07) is 0. The Hall–Kier alpha value is -1.22. The van der Waals surface area contributed by atoms with Crippen LogP contribution in [0.5, 0.6) is 0 Å². The quantitative estimate of drug-likeness (QED) is 0.217. The smallest absolute Gasteiger partial charge is 0.308 e. The van der Waals surface area contributed by atoms with Crippen LogP contribution in [0.25, 0.3) is 0 Å². The Labute approximate surface area is 163 Å². The molecule has 0 heterocycles. The zero-order chi connectivity index (χ0) is 20.3. The monoisotopic (exact) mass is 391 g/mol. The van der Waals surface area contributed by atoms with Crippen molar-refractivity contribution in [1.29, 1.82) is 0 Å². The molecule has 0 radical (unpaired) electrons. The second-order valence-corrected chi connectivity index (χ2v) is 6.52. The number of amides is 1. The Morgan fingerprint density at radius 1 is 0.852 bits per heavy atom. The fourth-order valence-electron chi connectivity index (χ4n) is 1.83. The molecule has 27 heavy (non-hydrogen) atoms. The van der Waals surface area contributed by atoms with Crippen molar-refractivity contribution in [2.24, 2.45) is 5.92 Å². The molecule has 0 aromatic heterocycles. The first-order valence-corrected chi connectivity index (χ1v) is 9.72. The van der Waals surface area contributed by atoms with Gasteiger partial charge in [0.05, 0.1) is 45.6 Å². The van der Waals surface area contributed by atoms with Gasteiger partial charge in [-0.1, -0.05) is 20.3 Å². The molecule has 0 aliphatic rings. The van der Waals surface area contributed by atoms with E-state index in [0.717, 1.165) is 13.0 Å². The summed E-state index contributed by atoms with van der Waals surface area (Å²) in [6.45, 7) is 10.7. The lowest BCUT2D eigenvalue weighted by atomic mass is 10.1. The molecule has 0 saturated heterocycles. The van der Waals surface area contributed by atoms with E-state index in [4.69, 9.17) is 23.7 Å². The minimum absolute atomic E-state index is 0.0294. The summed E-state index contributed by atoms with van der Waals surface area (Å²) in [5.74, 6) is 0.0889. The topological polar surface area (TPSA) is 92.3 Å². The number of carbonyl (C=O) groups excluding carboxylic acids is 2. The van der Waals surface area contributed by atoms with Crippen molar-refractivity contribution in [3.05, 3.63) is 0 Å². The van der Waals surface area contributed by atoms with Gasteiger partial charge in [0.15, 0.2) is 0 Å². The van der Waals surface area contributed by atoms with Crippen molar-refractivity contribution < 1.29 is 33.3 Å². The maximum atomic E-state index is 11.5. The van der Waals surface area contributed by atoms with Crippen molar-refractivity contribution in [2.75, 3.05) is 53.0 Å². The third kappa shape index (κ3) is 19.3. The van der Waals surface area contributed by atoms with Crippen LogP contribution < -0.4 is 5.32 Å². The molecule has 0 aliphatic heterocycles. The summed E-state index contributed by atoms with van der Waals surface area (Å²) in [6.07, 6.45) is 2.26. The summed E-state index contributed by atoms with van der Waals surface area (Å²) >= 11 is 0. The van der Waals surface area contributed by atoms with Crippen LogP contribution in [0.1, 0.15) is 47.0 Å². The van der Waals surface area contributed by atoms with Gasteiger partial charge < -0.3 is 29.0 Å². The third-order valence-electron chi connectivity index (χ3n) is 3.62. The molecule has 1 unspecified atom stereocenters. The van der Waals surface area contributed by atoms with Crippen LogP contribution in [0, 0.1) is 5.92 Å². The number of ether oxygens (including phenoxy) is 5. The predicted molar refractivity (Wildman–Crippen MR) is 101 cm³/mol. The molecule has 8 nitrogen and oxygen atoms in total. The van der Waals surface area contributed by atoms with Gasteiger partial charge in [0, 0.05) is 6.61 Å². The number of rotatable bonds is 18. The molecule has 0 rings (SSSR count). The van der Waals surface area contributed by atoms with E-state index in [0.29, 0.717) is 32.3 Å². The number of hydrogen-bond donors (Lipinski definition) is 1. The van der Waals surface area contributed by atoms with E-state index < -0.39 is 0 Å². The van der Waals surface area contributed by atoms with Gasteiger partial charge in [-0.15, -0.1) is 0 Å². The maximum absolute atomic E-state index is 11.5. The lowest BCUT2D eigenvalue weighted by Gasteiger charge is -2.10. The molecular weight excluding hydrogens is 354 g/mol. The van der Waals surface area contributed by atoms with Crippen molar-refractivity contribution in [1.82, 2.24) is 5.32 Å². The highest BCUT2D eigenvalue weighted by atomic mass is 16.6. The summed E-state index contributed by atoms with van der Waals surface area (Å²) in [5.41, 5.74) is 0. The van der Waals surface area contributed by atoms with Gasteiger partial charge in [0.25, 0.3) is 0 Å². The lowest BCUT2D eigenvalue weighted by molar-refractivity contribution is -0.148. The molecule has 1 amide bonds. The highest BCUT2D eigenvalue weighted by Gasteiger charge is 2.05. The molecule has 1 atom stereocenters. The molecule has 0 bridgehead atoms. The molecular formula is C19H37NO7. The van der Waals surface area contributed by atoms with Crippen LogP contribution in [-0.4, -0.2) is 71.0 Å². The number of carbonyl (C=O) groups is 2. The van der Waals surface area contributed by atoms with Crippen LogP contribution in [0.4, 0.5) is 0 Å². The van der Waals surface area contributed by atoms with Crippen LogP contribution >= 0.6 is 0 Å². The van der Waals surface area contributed by atoms with Crippen molar-refractivity contribution in [3.63, 3.8) is 0 Å². The molecule has 0 aromatic rings. The predicted octanol–water partition coefficient (Wildman–Crippen LogP) is 1.90. The molecule has 0 saturated carbocycles. The number of nitrogens with one attached hydrogen (secondary N) is 1. The van der Waals surface area contributed by atoms with E-state index in [9.17, 15) is 9.59 Å². The second kappa shape index (κ2) is 18.2. The van der Waals surface area contributed by atoms with Gasteiger partial charge >= 0.3 is 5.97 Å². The Morgan fingerprint density at radius 2 is 1.48 bits per heavy atom. The van der Waals surface area contributed by atoms with E-state index in [1.165, 1.54) is 6.42 Å². The zero-order valence-electron chi connectivity index (χ0n) is 17.3. The SMILES string of the molecule is CCC(C)CCOCCOCCOCC(=O)NCOCCC(=O)OC(C)C. The molecule has 160 valence electrons. The summed E-state index contributed by atoms with van der Waals surface area (Å²) in [4.78, 5) is 22.8. The first-order valence-electron chi connectivity index (χ1n) is 9.72. The van der Waals surface area contributed by atoms with Gasteiger partial charge in [-0.2, -0.15) is 0 Å². The molecule has 8 heteroatoms. The lowest BCUT2D eigenvalue weighted by Crippen LogP contribution is -2.30. The Morgan fingerprint density at radius 3 is 2.11 bits per heavy atom. The van der Waals surface area contributed by atoms with Gasteiger partial charge in [0.1, 0.15) is 13.3 Å². The summed E-state index contributed by atoms with van der Waals surface area (Å²) in [5, 5.41) is 2.54. The van der Waals surface area contributed by atoms with Crippen LogP contribution in [0.15, 0.2) is 0 Å². The maximum Gasteiger partial charge on any atom is 0.308 e. The molecule has 0 fully saturated rings. The van der Waals surface area contributed by atoms with Gasteiger partial charge in [-0.3, -0.25) is 9.59 Å². The third-order valence-corrected chi connectivity index (χ3v) is 3.62. The highest BCUT2D eigenvalue weighted by molar-refractivity contribution is 5.76. The molecule has 0 spiro atoms. The van der Waals surface area contributed by atoms with E-state index in [1.54, 1.807) is 13.8 Å². The van der Waals surface area contributed by atoms with E-state index in [-0.39, 0.29) is 44.3 Å². The molecule has 0 aliphatic carbocycles. The zero-order valence-corrected chi connectivity index (χ0v) is 17.3. The van der Waals surface area contributed by atoms with Crippen LogP contribution in [0.3, 0.4) is 0 Å². The highest BCUT2D eigenvalue weighted by Crippen LogP contribution is 2.05. The largest absolute Gasteiger partial charge is 0.463 e. The van der Waals surface area contributed by atoms with Gasteiger partial charge in [0.2, 0.25) is 5.91 Å². The van der Waals surface area contributed by atoms with E-state index >= 15 is 0 Å². The van der Waals surface area contributed by atoms with Gasteiger partial charge in [-0.05, 0) is 26.2 Å². The fraction of sp³-hybridized carbons (Fsp3) is 0.895. The van der Waals surface area contributed by atoms with E-state index in [1.807, 2.05) is 0 Å². The van der Waals surface area contributed by atoms with Crippen molar-refractivity contribution in [3.8, 4) is 0 Å². The Balaban J connectivity index is 3.29. The summed E-state index contributed by atoms with van der Waals surface area (Å²) < 4.78 is 26.1. The Kier molecular flexibility index (Phi) is 17.3. The average Bonchev–Trinajstić information content (AvgIpc) is 2.62. The van der Waals surface area contributed by atoms with Crippen molar-refractivity contribution in [2.45, 2.75) is 53.1 Å². The normalized spacial score (nSPS) is 12.2. The number of hydrogen-bond acceptors (Lipinski definition) is 7. The van der Waals surface area contributed by atoms with E-state index in [2.05, 4.69) is 19.2 Å². The average molecular weight is 392 g/mol. The van der Waals surface area contributed by atoms with Crippen LogP contribution in [-0.2, 0) is 33.3 Å². The molecule has 1 N–H and O–H groups in total. The second-order valence-electron chi connectivity index (χ2n) is 6.52. The van der Waals surface area contributed by atoms with Crippen molar-refractivity contribution >= 4 is 11.9 Å². The summed E-state index contributed by atoms with van der Waals surface area (Å²) in [7, 11) is 0. The fourth-order valence-corrected chi connectivity index (χ4v) is 1.83. The molecule has 0 aromatic carbocycles. The van der Waals surface area contributed by atoms with Gasteiger partial charge in [-0.25, -0.2) is 0 Å². The van der Waals surface area contributed by atoms with Crippen LogP contribution in [0.2, 0.25) is 0 Å². The minimum atomic E-state index is -0.319.